The average molecular weight is 345 g/mol. The molecule has 0 bridgehead atoms. The molecule has 0 aliphatic carbocycles. The Balaban J connectivity index is 1.79. The summed E-state index contributed by atoms with van der Waals surface area (Å²) in [6.45, 7) is 2.44. The van der Waals surface area contributed by atoms with Gasteiger partial charge in [-0.3, -0.25) is 0 Å². The van der Waals surface area contributed by atoms with Crippen molar-refractivity contribution in [3.63, 3.8) is 0 Å². The molecule has 0 aliphatic heterocycles. The van der Waals surface area contributed by atoms with Crippen LogP contribution in [0.3, 0.4) is 0 Å². The van der Waals surface area contributed by atoms with Gasteiger partial charge in [-0.05, 0) is 36.8 Å². The zero-order chi connectivity index (χ0) is 18.0. The number of nitrogens with zero attached hydrogens (tertiary/aromatic N) is 2. The number of rotatable bonds is 4. The first-order valence-electron chi connectivity index (χ1n) is 7.82. The summed E-state index contributed by atoms with van der Waals surface area (Å²) in [5, 5.41) is 3.29. The van der Waals surface area contributed by atoms with E-state index in [9.17, 15) is 13.2 Å². The molecule has 0 saturated heterocycles. The van der Waals surface area contributed by atoms with E-state index in [1.807, 2.05) is 42.9 Å². The van der Waals surface area contributed by atoms with Gasteiger partial charge in [0.1, 0.15) is 0 Å². The van der Waals surface area contributed by atoms with Gasteiger partial charge in [0.2, 0.25) is 0 Å². The van der Waals surface area contributed by atoms with Crippen LogP contribution in [-0.2, 0) is 19.8 Å². The maximum absolute atomic E-state index is 12.6. The standard InChI is InChI=1S/C19H18F3N3/c1-13-3-8-17(16(9-13)18-11-25(2)12-24-18)23-10-14-4-6-15(7-5-14)19(20,21)22/h3-9,11-12,23H,10H2,1-2H3. The van der Waals surface area contributed by atoms with Crippen LogP contribution in [0.1, 0.15) is 16.7 Å². The molecule has 0 radical (unpaired) electrons. The average Bonchev–Trinajstić information content (AvgIpc) is 2.99. The highest BCUT2D eigenvalue weighted by Crippen LogP contribution is 2.30. The van der Waals surface area contributed by atoms with Gasteiger partial charge in [0, 0.05) is 31.0 Å². The summed E-state index contributed by atoms with van der Waals surface area (Å²) in [7, 11) is 1.90. The molecule has 3 rings (SSSR count). The van der Waals surface area contributed by atoms with Crippen LogP contribution in [0.4, 0.5) is 18.9 Å². The van der Waals surface area contributed by atoms with Gasteiger partial charge < -0.3 is 9.88 Å². The molecule has 25 heavy (non-hydrogen) atoms. The second-order valence-electron chi connectivity index (χ2n) is 6.02. The molecule has 130 valence electrons. The molecular formula is C19H18F3N3. The van der Waals surface area contributed by atoms with E-state index in [0.717, 1.165) is 40.2 Å². The normalized spacial score (nSPS) is 11.6. The highest BCUT2D eigenvalue weighted by Gasteiger charge is 2.29. The number of aromatic nitrogens is 2. The predicted octanol–water partition coefficient (Wildman–Crippen LogP) is 5.03. The van der Waals surface area contributed by atoms with Crippen LogP contribution in [0.5, 0.6) is 0 Å². The van der Waals surface area contributed by atoms with Crippen LogP contribution in [-0.4, -0.2) is 9.55 Å². The first kappa shape index (κ1) is 17.1. The molecule has 3 nitrogen and oxygen atoms in total. The Hall–Kier alpha value is -2.76. The summed E-state index contributed by atoms with van der Waals surface area (Å²) in [6, 6.07) is 11.2. The molecule has 2 aromatic carbocycles. The minimum atomic E-state index is -4.31. The third-order valence-electron chi connectivity index (χ3n) is 3.92. The summed E-state index contributed by atoms with van der Waals surface area (Å²) in [5.41, 5.74) is 3.96. The van der Waals surface area contributed by atoms with Gasteiger partial charge >= 0.3 is 6.18 Å². The van der Waals surface area contributed by atoms with E-state index in [1.54, 1.807) is 6.33 Å². The minimum Gasteiger partial charge on any atom is -0.380 e. The lowest BCUT2D eigenvalue weighted by Gasteiger charge is -2.13. The van der Waals surface area contributed by atoms with Gasteiger partial charge in [0.25, 0.3) is 0 Å². The van der Waals surface area contributed by atoms with Gasteiger partial charge in [-0.2, -0.15) is 13.2 Å². The quantitative estimate of drug-likeness (QED) is 0.719. The largest absolute Gasteiger partial charge is 0.416 e. The third kappa shape index (κ3) is 4.02. The first-order chi connectivity index (χ1) is 11.8. The lowest BCUT2D eigenvalue weighted by atomic mass is 10.1. The highest BCUT2D eigenvalue weighted by atomic mass is 19.4. The van der Waals surface area contributed by atoms with Crippen molar-refractivity contribution < 1.29 is 13.2 Å². The fourth-order valence-corrected chi connectivity index (χ4v) is 2.58. The molecule has 0 atom stereocenters. The minimum absolute atomic E-state index is 0.432. The predicted molar refractivity (Wildman–Crippen MR) is 92.2 cm³/mol. The Labute approximate surface area is 144 Å². The van der Waals surface area contributed by atoms with Gasteiger partial charge in [0.15, 0.2) is 0 Å². The molecule has 0 aliphatic rings. The van der Waals surface area contributed by atoms with Gasteiger partial charge in [-0.1, -0.05) is 23.8 Å². The molecular weight excluding hydrogens is 327 g/mol. The number of benzene rings is 2. The van der Waals surface area contributed by atoms with Crippen LogP contribution in [0.2, 0.25) is 0 Å². The van der Waals surface area contributed by atoms with Gasteiger partial charge in [-0.15, -0.1) is 0 Å². The number of aryl methyl sites for hydroxylation is 2. The van der Waals surface area contributed by atoms with E-state index in [4.69, 9.17) is 0 Å². The van der Waals surface area contributed by atoms with Crippen molar-refractivity contribution in [2.45, 2.75) is 19.6 Å². The highest BCUT2D eigenvalue weighted by molar-refractivity contribution is 5.76. The van der Waals surface area contributed by atoms with Gasteiger partial charge in [0.05, 0.1) is 17.6 Å². The maximum Gasteiger partial charge on any atom is 0.416 e. The Kier molecular flexibility index (Phi) is 4.53. The van der Waals surface area contributed by atoms with Crippen molar-refractivity contribution in [3.8, 4) is 11.3 Å². The number of alkyl halides is 3. The maximum atomic E-state index is 12.6. The second-order valence-corrected chi connectivity index (χ2v) is 6.02. The third-order valence-corrected chi connectivity index (χ3v) is 3.92. The molecule has 0 amide bonds. The lowest BCUT2D eigenvalue weighted by molar-refractivity contribution is -0.137. The summed E-state index contributed by atoms with van der Waals surface area (Å²) < 4.78 is 39.8. The van der Waals surface area contributed by atoms with Crippen LogP contribution in [0.15, 0.2) is 55.0 Å². The molecule has 3 aromatic rings. The zero-order valence-electron chi connectivity index (χ0n) is 13.9. The molecule has 0 fully saturated rings. The number of anilines is 1. The molecule has 1 N–H and O–H groups in total. The molecule has 0 unspecified atom stereocenters. The Morgan fingerprint density at radius 2 is 1.80 bits per heavy atom. The molecule has 0 spiro atoms. The number of nitrogens with one attached hydrogen (secondary N) is 1. The number of hydrogen-bond acceptors (Lipinski definition) is 2. The smallest absolute Gasteiger partial charge is 0.380 e. The summed E-state index contributed by atoms with van der Waals surface area (Å²) in [4.78, 5) is 4.38. The molecule has 1 heterocycles. The fourth-order valence-electron chi connectivity index (χ4n) is 2.58. The van der Waals surface area contributed by atoms with Crippen molar-refractivity contribution >= 4 is 5.69 Å². The van der Waals surface area contributed by atoms with Gasteiger partial charge in [-0.25, -0.2) is 4.98 Å². The van der Waals surface area contributed by atoms with E-state index in [-0.39, 0.29) is 0 Å². The number of halogens is 3. The fraction of sp³-hybridized carbons (Fsp3) is 0.211. The van der Waals surface area contributed by atoms with E-state index >= 15 is 0 Å². The second kappa shape index (κ2) is 6.63. The van der Waals surface area contributed by atoms with Crippen molar-refractivity contribution in [1.29, 1.82) is 0 Å². The Morgan fingerprint density at radius 3 is 2.40 bits per heavy atom. The summed E-state index contributed by atoms with van der Waals surface area (Å²) in [5.74, 6) is 0. The summed E-state index contributed by atoms with van der Waals surface area (Å²) >= 11 is 0. The molecule has 1 aromatic heterocycles. The SMILES string of the molecule is Cc1ccc(NCc2ccc(C(F)(F)F)cc2)c(-c2cn(C)cn2)c1. The van der Waals surface area contributed by atoms with Crippen molar-refractivity contribution in [2.75, 3.05) is 5.32 Å². The number of imidazole rings is 1. The van der Waals surface area contributed by atoms with E-state index < -0.39 is 11.7 Å². The first-order valence-corrected chi connectivity index (χ1v) is 7.82. The Morgan fingerprint density at radius 1 is 1.08 bits per heavy atom. The van der Waals surface area contributed by atoms with Crippen LogP contribution in [0.25, 0.3) is 11.3 Å². The zero-order valence-corrected chi connectivity index (χ0v) is 13.9. The lowest BCUT2D eigenvalue weighted by Crippen LogP contribution is -2.06. The van der Waals surface area contributed by atoms with Crippen molar-refractivity contribution in [1.82, 2.24) is 9.55 Å². The van der Waals surface area contributed by atoms with Crippen LogP contribution < -0.4 is 5.32 Å². The van der Waals surface area contributed by atoms with E-state index in [2.05, 4.69) is 10.3 Å². The van der Waals surface area contributed by atoms with E-state index in [1.165, 1.54) is 12.1 Å². The van der Waals surface area contributed by atoms with Crippen molar-refractivity contribution in [3.05, 3.63) is 71.7 Å². The van der Waals surface area contributed by atoms with Crippen molar-refractivity contribution in [2.24, 2.45) is 7.05 Å². The van der Waals surface area contributed by atoms with Crippen LogP contribution >= 0.6 is 0 Å². The molecule has 0 saturated carbocycles. The Bertz CT molecular complexity index is 864. The van der Waals surface area contributed by atoms with E-state index in [0.29, 0.717) is 6.54 Å². The summed E-state index contributed by atoms with van der Waals surface area (Å²) in [6.07, 6.45) is -0.648. The number of hydrogen-bond donors (Lipinski definition) is 1. The molecule has 6 heteroatoms. The topological polar surface area (TPSA) is 29.9 Å². The monoisotopic (exact) mass is 345 g/mol. The van der Waals surface area contributed by atoms with Crippen LogP contribution in [0, 0.1) is 6.92 Å².